The largest absolute Gasteiger partial charge is 0.493 e. The summed E-state index contributed by atoms with van der Waals surface area (Å²) >= 11 is 5.95. The van der Waals surface area contributed by atoms with Crippen LogP contribution in [-0.2, 0) is 0 Å². The first-order valence-electron chi connectivity index (χ1n) is 9.07. The highest BCUT2D eigenvalue weighted by molar-refractivity contribution is 6.30. The van der Waals surface area contributed by atoms with Gasteiger partial charge in [-0.1, -0.05) is 23.7 Å². The molecular formula is C20H21ClN4O2. The Morgan fingerprint density at radius 3 is 3.11 bits per heavy atom. The van der Waals surface area contributed by atoms with Crippen molar-refractivity contribution >= 4 is 23.3 Å². The second kappa shape index (κ2) is 7.56. The van der Waals surface area contributed by atoms with Gasteiger partial charge in [-0.25, -0.2) is 9.97 Å². The van der Waals surface area contributed by atoms with E-state index in [2.05, 4.69) is 9.97 Å². The molecule has 140 valence electrons. The first-order chi connectivity index (χ1) is 13.1. The lowest BCUT2D eigenvalue weighted by molar-refractivity contribution is 0.0628. The molecule has 1 saturated heterocycles. The molecule has 27 heavy (non-hydrogen) atoms. The summed E-state index contributed by atoms with van der Waals surface area (Å²) in [5.74, 6) is 1.59. The topological polar surface area (TPSA) is 59.7 Å². The quantitative estimate of drug-likeness (QED) is 0.689. The van der Waals surface area contributed by atoms with Gasteiger partial charge in [-0.2, -0.15) is 0 Å². The molecule has 0 N–H and O–H groups in total. The van der Waals surface area contributed by atoms with Crippen LogP contribution in [0.25, 0.3) is 5.78 Å². The smallest absolute Gasteiger partial charge is 0.274 e. The number of carbonyl (C=O) groups is 1. The molecule has 7 heteroatoms. The van der Waals surface area contributed by atoms with Crippen LogP contribution in [0.4, 0.5) is 0 Å². The van der Waals surface area contributed by atoms with Gasteiger partial charge in [0, 0.05) is 31.4 Å². The number of likely N-dealkylation sites (tertiary alicyclic amines) is 1. The van der Waals surface area contributed by atoms with E-state index in [4.69, 9.17) is 16.3 Å². The number of amides is 1. The zero-order valence-electron chi connectivity index (χ0n) is 15.1. The molecule has 1 aromatic carbocycles. The third-order valence-electron chi connectivity index (χ3n) is 4.78. The Kier molecular flexibility index (Phi) is 4.99. The number of nitrogens with zero attached hydrogens (tertiary/aromatic N) is 4. The SMILES string of the molecule is Cc1cccc(OC[C@@H]2CCCN(C(=O)c3cn4cc(Cl)cnc4n3)C2)c1. The van der Waals surface area contributed by atoms with Crippen molar-refractivity contribution in [2.75, 3.05) is 19.7 Å². The highest BCUT2D eigenvalue weighted by atomic mass is 35.5. The first-order valence-corrected chi connectivity index (χ1v) is 9.45. The van der Waals surface area contributed by atoms with Crippen molar-refractivity contribution in [2.24, 2.45) is 5.92 Å². The number of aryl methyl sites for hydroxylation is 1. The van der Waals surface area contributed by atoms with Crippen molar-refractivity contribution < 1.29 is 9.53 Å². The lowest BCUT2D eigenvalue weighted by Crippen LogP contribution is -2.41. The van der Waals surface area contributed by atoms with Crippen LogP contribution in [0.2, 0.25) is 5.02 Å². The third kappa shape index (κ3) is 4.06. The molecule has 1 atom stereocenters. The van der Waals surface area contributed by atoms with Crippen LogP contribution in [0.1, 0.15) is 28.9 Å². The third-order valence-corrected chi connectivity index (χ3v) is 4.97. The maximum Gasteiger partial charge on any atom is 0.274 e. The summed E-state index contributed by atoms with van der Waals surface area (Å²) in [6.45, 7) is 4.06. The number of ether oxygens (including phenoxy) is 1. The molecule has 0 bridgehead atoms. The predicted octanol–water partition coefficient (Wildman–Crippen LogP) is 3.62. The zero-order chi connectivity index (χ0) is 18.8. The molecule has 4 rings (SSSR count). The average Bonchev–Trinajstić information content (AvgIpc) is 3.09. The monoisotopic (exact) mass is 384 g/mol. The summed E-state index contributed by atoms with van der Waals surface area (Å²) in [5, 5.41) is 0.505. The van der Waals surface area contributed by atoms with Crippen LogP contribution in [0.5, 0.6) is 5.75 Å². The Bertz CT molecular complexity index is 972. The maximum absolute atomic E-state index is 12.9. The van der Waals surface area contributed by atoms with Crippen LogP contribution < -0.4 is 4.74 Å². The summed E-state index contributed by atoms with van der Waals surface area (Å²) in [5.41, 5.74) is 1.57. The number of benzene rings is 1. The Hall–Kier alpha value is -2.60. The van der Waals surface area contributed by atoms with E-state index in [1.54, 1.807) is 16.8 Å². The van der Waals surface area contributed by atoms with Gasteiger partial charge in [0.05, 0.1) is 17.8 Å². The standard InChI is InChI=1S/C20H21ClN4O2/c1-14-4-2-6-17(8-14)27-13-15-5-3-7-24(10-15)19(26)18-12-25-11-16(21)9-22-20(25)23-18/h2,4,6,8-9,11-12,15H,3,5,7,10,13H2,1H3/t15-/m1/s1. The molecule has 1 fully saturated rings. The van der Waals surface area contributed by atoms with Crippen LogP contribution in [-0.4, -0.2) is 44.9 Å². The van der Waals surface area contributed by atoms with E-state index >= 15 is 0 Å². The van der Waals surface area contributed by atoms with Crippen molar-refractivity contribution in [1.82, 2.24) is 19.3 Å². The minimum atomic E-state index is -0.0723. The normalized spacial score (nSPS) is 17.3. The second-order valence-corrected chi connectivity index (χ2v) is 7.43. The number of aromatic nitrogens is 3. The maximum atomic E-state index is 12.9. The van der Waals surface area contributed by atoms with Crippen molar-refractivity contribution in [3.05, 3.63) is 59.1 Å². The fraction of sp³-hybridized carbons (Fsp3) is 0.350. The Morgan fingerprint density at radius 2 is 2.26 bits per heavy atom. The molecule has 2 aromatic heterocycles. The lowest BCUT2D eigenvalue weighted by Gasteiger charge is -2.32. The van der Waals surface area contributed by atoms with Crippen molar-refractivity contribution in [2.45, 2.75) is 19.8 Å². The molecular weight excluding hydrogens is 364 g/mol. The van der Waals surface area contributed by atoms with Crippen LogP contribution in [0, 0.1) is 12.8 Å². The van der Waals surface area contributed by atoms with Gasteiger partial charge in [0.2, 0.25) is 5.78 Å². The fourth-order valence-corrected chi connectivity index (χ4v) is 3.58. The van der Waals surface area contributed by atoms with E-state index in [0.717, 1.165) is 25.1 Å². The Morgan fingerprint density at radius 1 is 1.37 bits per heavy atom. The molecule has 0 aliphatic carbocycles. The van der Waals surface area contributed by atoms with E-state index in [0.29, 0.717) is 35.6 Å². The van der Waals surface area contributed by atoms with Crippen LogP contribution in [0.3, 0.4) is 0 Å². The summed E-state index contributed by atoms with van der Waals surface area (Å²) in [6, 6.07) is 8.03. The molecule has 0 radical (unpaired) electrons. The van der Waals surface area contributed by atoms with Gasteiger partial charge < -0.3 is 9.64 Å². The Labute approximate surface area is 162 Å². The highest BCUT2D eigenvalue weighted by Gasteiger charge is 2.26. The number of hydrogen-bond donors (Lipinski definition) is 0. The van der Waals surface area contributed by atoms with Crippen molar-refractivity contribution in [3.8, 4) is 5.75 Å². The summed E-state index contributed by atoms with van der Waals surface area (Å²) in [7, 11) is 0. The summed E-state index contributed by atoms with van der Waals surface area (Å²) in [6.07, 6.45) is 6.92. The zero-order valence-corrected chi connectivity index (χ0v) is 15.9. The first kappa shape index (κ1) is 17.8. The predicted molar refractivity (Wildman–Crippen MR) is 103 cm³/mol. The molecule has 0 saturated carbocycles. The summed E-state index contributed by atoms with van der Waals surface area (Å²) < 4.78 is 7.62. The number of carbonyl (C=O) groups excluding carboxylic acids is 1. The molecule has 0 spiro atoms. The number of halogens is 1. The number of fused-ring (bicyclic) bond motifs is 1. The van der Waals surface area contributed by atoms with Gasteiger partial charge in [-0.3, -0.25) is 9.20 Å². The Balaban J connectivity index is 1.41. The van der Waals surface area contributed by atoms with Gasteiger partial charge in [0.1, 0.15) is 11.4 Å². The number of piperidine rings is 1. The average molecular weight is 385 g/mol. The van der Waals surface area contributed by atoms with Crippen molar-refractivity contribution in [1.29, 1.82) is 0 Å². The van der Waals surface area contributed by atoms with Gasteiger partial charge >= 0.3 is 0 Å². The van der Waals surface area contributed by atoms with E-state index < -0.39 is 0 Å². The molecule has 0 unspecified atom stereocenters. The minimum absolute atomic E-state index is 0.0723. The molecule has 1 amide bonds. The number of hydrogen-bond acceptors (Lipinski definition) is 4. The van der Waals surface area contributed by atoms with Crippen LogP contribution >= 0.6 is 11.6 Å². The van der Waals surface area contributed by atoms with Gasteiger partial charge in [-0.15, -0.1) is 0 Å². The second-order valence-electron chi connectivity index (χ2n) is 6.99. The van der Waals surface area contributed by atoms with Crippen molar-refractivity contribution in [3.63, 3.8) is 0 Å². The molecule has 3 heterocycles. The minimum Gasteiger partial charge on any atom is -0.493 e. The lowest BCUT2D eigenvalue weighted by atomic mass is 9.98. The van der Waals surface area contributed by atoms with Gasteiger partial charge in [0.15, 0.2) is 0 Å². The van der Waals surface area contributed by atoms with Crippen LogP contribution in [0.15, 0.2) is 42.9 Å². The molecule has 1 aliphatic heterocycles. The summed E-state index contributed by atoms with van der Waals surface area (Å²) in [4.78, 5) is 23.2. The molecule has 1 aliphatic rings. The highest BCUT2D eigenvalue weighted by Crippen LogP contribution is 2.21. The number of rotatable bonds is 4. The van der Waals surface area contributed by atoms with Gasteiger partial charge in [-0.05, 0) is 37.5 Å². The van der Waals surface area contributed by atoms with E-state index in [1.165, 1.54) is 11.8 Å². The van der Waals surface area contributed by atoms with E-state index in [1.807, 2.05) is 36.1 Å². The number of imidazole rings is 1. The fourth-order valence-electron chi connectivity index (χ4n) is 3.43. The van der Waals surface area contributed by atoms with E-state index in [9.17, 15) is 4.79 Å². The van der Waals surface area contributed by atoms with Gasteiger partial charge in [0.25, 0.3) is 5.91 Å². The van der Waals surface area contributed by atoms with E-state index in [-0.39, 0.29) is 5.91 Å². The molecule has 3 aromatic rings. The molecule has 6 nitrogen and oxygen atoms in total.